The number of rotatable bonds is 7. The summed E-state index contributed by atoms with van der Waals surface area (Å²) in [5, 5.41) is 19.7. The van der Waals surface area contributed by atoms with Crippen molar-refractivity contribution in [2.24, 2.45) is 0 Å². The Morgan fingerprint density at radius 2 is 1.77 bits per heavy atom. The normalized spacial score (nSPS) is 15.9. The average Bonchev–Trinajstić information content (AvgIpc) is 3.61. The van der Waals surface area contributed by atoms with Gasteiger partial charge < -0.3 is 9.52 Å². The molecule has 0 saturated carbocycles. The maximum Gasteiger partial charge on any atom is 0.296 e. The van der Waals surface area contributed by atoms with Gasteiger partial charge in [0.2, 0.25) is 10.9 Å². The van der Waals surface area contributed by atoms with Gasteiger partial charge in [-0.2, -0.15) is 0 Å². The topological polar surface area (TPSA) is 96.5 Å². The van der Waals surface area contributed by atoms with Gasteiger partial charge >= 0.3 is 0 Å². The van der Waals surface area contributed by atoms with Crippen molar-refractivity contribution >= 4 is 39.9 Å². The smallest absolute Gasteiger partial charge is 0.296 e. The molecule has 200 valence electrons. The Bertz CT molecular complexity index is 1570. The standard InChI is InChI=1S/C29H26FN3O4S2/c1-16-5-14-21(37-16)24(34)22-23(18-8-10-19(11-9-18)29(2,3)4)33(26(36)25(22)35)27-31-32-28(39-27)38-15-17-6-12-20(30)13-7-17/h5-14,23,35H,15H2,1-4H3. The van der Waals surface area contributed by atoms with E-state index in [1.807, 2.05) is 24.3 Å². The van der Waals surface area contributed by atoms with E-state index in [4.69, 9.17) is 4.42 Å². The summed E-state index contributed by atoms with van der Waals surface area (Å²) < 4.78 is 19.4. The number of aryl methyl sites for hydroxylation is 1. The second kappa shape index (κ2) is 10.4. The van der Waals surface area contributed by atoms with Gasteiger partial charge in [-0.3, -0.25) is 14.5 Å². The van der Waals surface area contributed by atoms with Crippen molar-refractivity contribution in [2.75, 3.05) is 4.90 Å². The summed E-state index contributed by atoms with van der Waals surface area (Å²) in [5.74, 6) is -1.15. The number of thioether (sulfide) groups is 1. The maximum atomic E-state index is 13.5. The Kier molecular flexibility index (Phi) is 7.17. The number of anilines is 1. The number of carbonyl (C=O) groups is 2. The van der Waals surface area contributed by atoms with E-state index in [1.165, 1.54) is 46.2 Å². The highest BCUT2D eigenvalue weighted by Gasteiger charge is 2.46. The summed E-state index contributed by atoms with van der Waals surface area (Å²) in [6.45, 7) is 8.01. The molecule has 1 N–H and O–H groups in total. The molecule has 39 heavy (non-hydrogen) atoms. The molecule has 1 amide bonds. The highest BCUT2D eigenvalue weighted by atomic mass is 32.2. The molecule has 5 rings (SSSR count). The number of hydrogen-bond donors (Lipinski definition) is 1. The summed E-state index contributed by atoms with van der Waals surface area (Å²) in [5.41, 5.74) is 2.46. The van der Waals surface area contributed by atoms with Crippen LogP contribution in [0, 0.1) is 12.7 Å². The van der Waals surface area contributed by atoms with Crippen LogP contribution in [-0.2, 0) is 16.0 Å². The van der Waals surface area contributed by atoms with E-state index >= 15 is 0 Å². The number of benzene rings is 2. The predicted octanol–water partition coefficient (Wildman–Crippen LogP) is 6.95. The Balaban J connectivity index is 1.50. The fourth-order valence-electron chi connectivity index (χ4n) is 4.29. The number of halogens is 1. The SMILES string of the molecule is Cc1ccc(C(=O)C2=C(O)C(=O)N(c3nnc(SCc4ccc(F)cc4)s3)C2c2ccc(C(C)(C)C)cc2)o1. The van der Waals surface area contributed by atoms with Crippen molar-refractivity contribution in [3.8, 4) is 0 Å². The number of furan rings is 1. The first kappa shape index (κ1) is 26.8. The number of aromatic nitrogens is 2. The molecule has 1 aliphatic heterocycles. The lowest BCUT2D eigenvalue weighted by molar-refractivity contribution is -0.117. The molecular weight excluding hydrogens is 537 g/mol. The Morgan fingerprint density at radius 3 is 2.38 bits per heavy atom. The second-order valence-corrected chi connectivity index (χ2v) is 12.4. The minimum Gasteiger partial charge on any atom is -0.503 e. The van der Waals surface area contributed by atoms with Crippen LogP contribution in [0.2, 0.25) is 0 Å². The third-order valence-corrected chi connectivity index (χ3v) is 8.51. The lowest BCUT2D eigenvalue weighted by atomic mass is 9.85. The van der Waals surface area contributed by atoms with Gasteiger partial charge in [0.05, 0.1) is 11.6 Å². The van der Waals surface area contributed by atoms with Gasteiger partial charge in [-0.15, -0.1) is 10.2 Å². The van der Waals surface area contributed by atoms with Gasteiger partial charge in [0, 0.05) is 5.75 Å². The van der Waals surface area contributed by atoms with Crippen LogP contribution in [0.4, 0.5) is 9.52 Å². The van der Waals surface area contributed by atoms with Crippen LogP contribution in [0.3, 0.4) is 0 Å². The zero-order valence-corrected chi connectivity index (χ0v) is 23.4. The fraction of sp³-hybridized carbons (Fsp3) is 0.241. The monoisotopic (exact) mass is 563 g/mol. The van der Waals surface area contributed by atoms with Gasteiger partial charge in [-0.05, 0) is 53.3 Å². The molecule has 0 fully saturated rings. The zero-order valence-electron chi connectivity index (χ0n) is 21.8. The summed E-state index contributed by atoms with van der Waals surface area (Å²) in [6, 6.07) is 16.1. The molecule has 1 unspecified atom stereocenters. The number of amides is 1. The Labute approximate surface area is 233 Å². The van der Waals surface area contributed by atoms with Crippen LogP contribution < -0.4 is 4.90 Å². The molecule has 3 heterocycles. The zero-order chi connectivity index (χ0) is 27.9. The molecule has 1 atom stereocenters. The minimum atomic E-state index is -0.924. The number of Topliss-reactive ketones (excluding diaryl/α,β-unsaturated/α-hetero) is 1. The molecule has 1 aliphatic rings. The molecular formula is C29H26FN3O4S2. The van der Waals surface area contributed by atoms with Gasteiger partial charge in [0.25, 0.3) is 5.91 Å². The summed E-state index contributed by atoms with van der Waals surface area (Å²) >= 11 is 2.57. The number of nitrogens with zero attached hydrogens (tertiary/aromatic N) is 3. The van der Waals surface area contributed by atoms with E-state index < -0.39 is 23.5 Å². The van der Waals surface area contributed by atoms with Crippen LogP contribution in [0.5, 0.6) is 0 Å². The van der Waals surface area contributed by atoms with E-state index in [-0.39, 0.29) is 27.7 Å². The van der Waals surface area contributed by atoms with Crippen molar-refractivity contribution in [3.05, 3.63) is 106 Å². The Hall–Kier alpha value is -3.76. The van der Waals surface area contributed by atoms with Gasteiger partial charge in [0.15, 0.2) is 15.9 Å². The first-order chi connectivity index (χ1) is 18.5. The Morgan fingerprint density at radius 1 is 1.08 bits per heavy atom. The molecule has 0 bridgehead atoms. The van der Waals surface area contributed by atoms with Gasteiger partial charge in [-0.25, -0.2) is 4.39 Å². The van der Waals surface area contributed by atoms with Crippen LogP contribution in [0.15, 0.2) is 80.8 Å². The van der Waals surface area contributed by atoms with Gasteiger partial charge in [0.1, 0.15) is 11.6 Å². The third kappa shape index (κ3) is 5.39. The summed E-state index contributed by atoms with van der Waals surface area (Å²) in [6.07, 6.45) is 0. The molecule has 2 aromatic carbocycles. The van der Waals surface area contributed by atoms with Crippen molar-refractivity contribution in [1.29, 1.82) is 0 Å². The van der Waals surface area contributed by atoms with Crippen LogP contribution in [-0.4, -0.2) is 27.0 Å². The lowest BCUT2D eigenvalue weighted by Gasteiger charge is -2.25. The first-order valence-corrected chi connectivity index (χ1v) is 14.0. The van der Waals surface area contributed by atoms with E-state index in [0.717, 1.165) is 11.1 Å². The van der Waals surface area contributed by atoms with Crippen LogP contribution in [0.1, 0.15) is 59.8 Å². The van der Waals surface area contributed by atoms with Crippen molar-refractivity contribution < 1.29 is 23.5 Å². The van der Waals surface area contributed by atoms with Crippen molar-refractivity contribution in [3.63, 3.8) is 0 Å². The third-order valence-electron chi connectivity index (χ3n) is 6.39. The minimum absolute atomic E-state index is 0.0350. The molecule has 0 radical (unpaired) electrons. The molecule has 4 aromatic rings. The molecule has 0 saturated heterocycles. The molecule has 10 heteroatoms. The quantitative estimate of drug-likeness (QED) is 0.148. The average molecular weight is 564 g/mol. The molecule has 7 nitrogen and oxygen atoms in total. The van der Waals surface area contributed by atoms with E-state index in [1.54, 1.807) is 25.1 Å². The van der Waals surface area contributed by atoms with Crippen molar-refractivity contribution in [1.82, 2.24) is 10.2 Å². The summed E-state index contributed by atoms with van der Waals surface area (Å²) in [7, 11) is 0. The maximum absolute atomic E-state index is 13.5. The van der Waals surface area contributed by atoms with Crippen molar-refractivity contribution in [2.45, 2.75) is 49.2 Å². The molecule has 2 aromatic heterocycles. The highest BCUT2D eigenvalue weighted by Crippen LogP contribution is 2.44. The van der Waals surface area contributed by atoms with E-state index in [0.29, 0.717) is 21.4 Å². The first-order valence-electron chi connectivity index (χ1n) is 12.2. The highest BCUT2D eigenvalue weighted by molar-refractivity contribution is 8.00. The van der Waals surface area contributed by atoms with Crippen LogP contribution in [0.25, 0.3) is 0 Å². The number of aliphatic hydroxyl groups excluding tert-OH is 1. The largest absolute Gasteiger partial charge is 0.503 e. The molecule has 0 aliphatic carbocycles. The number of hydrogen-bond acceptors (Lipinski definition) is 8. The van der Waals surface area contributed by atoms with E-state index in [2.05, 4.69) is 31.0 Å². The van der Waals surface area contributed by atoms with E-state index in [9.17, 15) is 19.1 Å². The summed E-state index contributed by atoms with van der Waals surface area (Å²) in [4.78, 5) is 28.3. The predicted molar refractivity (Wildman–Crippen MR) is 149 cm³/mol. The van der Waals surface area contributed by atoms with Gasteiger partial charge in [-0.1, -0.05) is 80.3 Å². The number of aliphatic hydroxyl groups is 1. The fourth-order valence-corrected chi connectivity index (χ4v) is 6.11. The number of ketones is 1. The second-order valence-electron chi connectivity index (χ2n) is 10.2. The molecule has 0 spiro atoms. The number of carbonyl (C=O) groups excluding carboxylic acids is 2. The lowest BCUT2D eigenvalue weighted by Crippen LogP contribution is -2.31. The van der Waals surface area contributed by atoms with Crippen LogP contribution >= 0.6 is 23.1 Å².